The summed E-state index contributed by atoms with van der Waals surface area (Å²) in [5, 5.41) is 7.65. The Kier molecular flexibility index (Phi) is 73.2. The maximum Gasteiger partial charge on any atom is 3.00 e. The van der Waals surface area contributed by atoms with E-state index in [1.165, 1.54) is 135 Å². The number of phosphoric acid groups is 9. The van der Waals surface area contributed by atoms with Crippen LogP contribution in [0.25, 0.3) is 65.4 Å². The normalized spacial score (nSPS) is 10.6. The average molecular weight is 2450 g/mol. The van der Waals surface area contributed by atoms with Crippen molar-refractivity contribution in [3.8, 4) is 0 Å². The van der Waals surface area contributed by atoms with E-state index in [1.54, 1.807) is 0 Å². The number of para-hydroxylation sites is 6. The molecule has 0 aliphatic heterocycles. The van der Waals surface area contributed by atoms with E-state index in [0.29, 0.717) is 0 Å². The SMILES string of the molecule is CC(C)=O.CC(C)=O.CC(C)=O.CC(C)=O.CC(C)=O.O=P([O-])([O-])OP(=O)([O-])OP(=O)([O-])[O-].O=P([O-])([O-])OP(=O)([O-])OP(=O)([O-])[O-].O=P([O-])([O-])OP(=O)([O-])OP(=O)([O-])[O-].[Ce+3].[Ce+3].[Ce+3].[Ce+3].[Ce+3].c1ccc2[nH]ccc2c1.c1ccc2[nH]ccc2c1.c1ccc2[nH]ccc2c1.c1ccc2[nH]ccc2c1.c1ccc2[nH]ccc2c1.c1ccc2[nH]ccc2c1. The number of carbonyl (C=O) groups is 5. The molecule has 41 nitrogen and oxygen atoms in total. The largest absolute Gasteiger partial charge is 3.00 e. The molecule has 0 atom stereocenters. The minimum Gasteiger partial charge on any atom is -0.790 e. The van der Waals surface area contributed by atoms with Crippen molar-refractivity contribution >= 4 is 165 Å². The van der Waals surface area contributed by atoms with Crippen LogP contribution in [-0.4, -0.2) is 58.8 Å². The van der Waals surface area contributed by atoms with Gasteiger partial charge < -0.3 is 155 Å². The Morgan fingerprint density at radius 1 is 0.203 bits per heavy atom. The molecule has 6 heterocycles. The fourth-order valence-electron chi connectivity index (χ4n) is 6.75. The van der Waals surface area contributed by atoms with E-state index < -0.39 is 70.4 Å². The maximum absolute atomic E-state index is 10.1. The zero-order valence-corrected chi connectivity index (χ0v) is 86.8. The van der Waals surface area contributed by atoms with E-state index >= 15 is 0 Å². The van der Waals surface area contributed by atoms with E-state index in [4.69, 9.17) is 0 Å². The first kappa shape index (κ1) is 130. The van der Waals surface area contributed by atoms with Crippen molar-refractivity contribution in [1.29, 1.82) is 0 Å². The van der Waals surface area contributed by atoms with Crippen molar-refractivity contribution in [2.45, 2.75) is 69.2 Å². The van der Waals surface area contributed by atoms with Crippen LogP contribution in [0.1, 0.15) is 69.2 Å². The predicted molar refractivity (Wildman–Crippen MR) is 387 cm³/mol. The van der Waals surface area contributed by atoms with Crippen LogP contribution in [0.3, 0.4) is 0 Å². The van der Waals surface area contributed by atoms with Gasteiger partial charge in [-0.2, -0.15) is 0 Å². The van der Waals surface area contributed by atoms with Gasteiger partial charge in [-0.05, 0) is 174 Å². The van der Waals surface area contributed by atoms with E-state index in [1.807, 2.05) is 110 Å². The van der Waals surface area contributed by atoms with Crippen LogP contribution in [-0.2, 0) is 90.9 Å². The maximum atomic E-state index is 10.1. The first-order chi connectivity index (χ1) is 51.7. The Morgan fingerprint density at radius 2 is 0.297 bits per heavy atom. The van der Waals surface area contributed by atoms with Gasteiger partial charge in [-0.3, -0.25) is 39.6 Å². The quantitative estimate of drug-likeness (QED) is 0.0922. The molecule has 5 radical (unpaired) electrons. The molecule has 0 fully saturated rings. The van der Waals surface area contributed by atoms with Gasteiger partial charge >= 0.3 is 209 Å². The van der Waals surface area contributed by atoms with Crippen LogP contribution in [0, 0.1) is 209 Å². The molecule has 0 bridgehead atoms. The van der Waals surface area contributed by atoms with E-state index in [9.17, 15) is 138 Å². The number of Topliss-reactive ketones (excluding diaryl/α,β-unsaturated/α-hetero) is 5. The zero-order valence-electron chi connectivity index (χ0n) is 63.1. The molecule has 0 aliphatic rings. The third kappa shape index (κ3) is 79.6. The standard InChI is InChI=1S/6C8H7N.5C3H6O.5Ce.3H5O10P3/c6*1-2-4-8-7(3-1)5-6-9-8;5*1-3(2)4;;;;;;3*1-11(2,3)9-13(7,8)10-12(4,5)6/h6*1-6,9H;5*1-2H3;;;;;;3*(H,7,8)(H2,1,2,3)(H2,4,5,6)/q;;;;;;;;;;;5*+3;;;/p-15. The van der Waals surface area contributed by atoms with Gasteiger partial charge in [0.25, 0.3) is 23.5 Å². The molecular formula is C63H72Ce5N6O35P9. The van der Waals surface area contributed by atoms with Crippen LogP contribution in [0.15, 0.2) is 219 Å². The first-order valence-corrected chi connectivity index (χ1v) is 43.7. The number of benzene rings is 6. The van der Waals surface area contributed by atoms with E-state index in [2.05, 4.69) is 165 Å². The summed E-state index contributed by atoms with van der Waals surface area (Å²) in [4.78, 5) is 212. The second-order valence-electron chi connectivity index (χ2n) is 21.4. The number of hydrogen-bond acceptors (Lipinski definition) is 35. The number of aromatic amines is 6. The van der Waals surface area contributed by atoms with Crippen molar-refractivity contribution in [2.75, 3.05) is 0 Å². The van der Waals surface area contributed by atoms with E-state index in [0.717, 1.165) is 0 Å². The number of H-pyrrole nitrogens is 6. The molecular weight excluding hydrogens is 2380 g/mol. The summed E-state index contributed by atoms with van der Waals surface area (Å²) in [6, 6.07) is 61.7. The smallest absolute Gasteiger partial charge is 0.790 e. The summed E-state index contributed by atoms with van der Waals surface area (Å²) in [7, 11) is -53.7. The Bertz CT molecular complexity index is 4300. The van der Waals surface area contributed by atoms with Gasteiger partial charge in [-0.25, -0.2) is 0 Å². The van der Waals surface area contributed by atoms with Crippen LogP contribution >= 0.6 is 70.4 Å². The molecule has 6 N–H and O–H groups in total. The van der Waals surface area contributed by atoms with Crippen molar-refractivity contribution < 1.29 is 373 Å². The van der Waals surface area contributed by atoms with Crippen molar-refractivity contribution in [3.05, 3.63) is 219 Å². The molecule has 0 unspecified atom stereocenters. The Morgan fingerprint density at radius 3 is 0.381 bits per heavy atom. The Labute approximate surface area is 843 Å². The second kappa shape index (κ2) is 66.4. The van der Waals surface area contributed by atoms with Gasteiger partial charge in [0.15, 0.2) is 0 Å². The molecule has 629 valence electrons. The number of aromatic nitrogens is 6. The summed E-state index contributed by atoms with van der Waals surface area (Å²) in [6.07, 6.45) is 11.7. The third-order valence-corrected chi connectivity index (χ3v) is 19.6. The van der Waals surface area contributed by atoms with Crippen LogP contribution in [0.2, 0.25) is 0 Å². The summed E-state index contributed by atoms with van der Waals surface area (Å²) >= 11 is 0. The summed E-state index contributed by atoms with van der Waals surface area (Å²) < 4.78 is 104. The van der Waals surface area contributed by atoms with Gasteiger partial charge in [0, 0.05) is 70.3 Å². The van der Waals surface area contributed by atoms with Gasteiger partial charge in [0.2, 0.25) is 0 Å². The summed E-state index contributed by atoms with van der Waals surface area (Å²) in [5.74, 6) is 0.833. The molecule has 6 aromatic heterocycles. The number of carbonyl (C=O) groups excluding carboxylic acids is 5. The second-order valence-corrected chi connectivity index (χ2v) is 33.4. The van der Waals surface area contributed by atoms with Gasteiger partial charge in [-0.1, -0.05) is 109 Å². The fraction of sp³-hybridized carbons (Fsp3) is 0.159. The molecule has 55 heteroatoms. The summed E-state index contributed by atoms with van der Waals surface area (Å²) in [5.41, 5.74) is 7.24. The molecule has 6 aromatic carbocycles. The van der Waals surface area contributed by atoms with E-state index in [-0.39, 0.29) is 238 Å². The molecule has 0 saturated carbocycles. The van der Waals surface area contributed by atoms with Crippen LogP contribution in [0.4, 0.5) is 0 Å². The minimum absolute atomic E-state index is 0. The number of fused-ring (bicyclic) bond motifs is 6. The Hall–Kier alpha value is -0.977. The van der Waals surface area contributed by atoms with Crippen molar-refractivity contribution in [3.63, 3.8) is 0 Å². The number of nitrogens with one attached hydrogen (secondary N) is 6. The topological polar surface area (TPSA) is 735 Å². The van der Waals surface area contributed by atoms with Gasteiger partial charge in [0.05, 0.1) is 46.9 Å². The van der Waals surface area contributed by atoms with Gasteiger partial charge in [-0.15, -0.1) is 0 Å². The van der Waals surface area contributed by atoms with Crippen molar-refractivity contribution in [1.82, 2.24) is 29.9 Å². The predicted octanol–water partition coefficient (Wildman–Crippen LogP) is 4.42. The van der Waals surface area contributed by atoms with Crippen molar-refractivity contribution in [2.24, 2.45) is 0 Å². The molecule has 0 spiro atoms. The number of ketones is 5. The molecule has 118 heavy (non-hydrogen) atoms. The average Bonchev–Trinajstić information content (AvgIpc) is 1.73. The molecule has 12 rings (SSSR count). The van der Waals surface area contributed by atoms with Crippen LogP contribution in [0.5, 0.6) is 0 Å². The molecule has 0 amide bonds. The first-order valence-electron chi connectivity index (χ1n) is 30.5. The number of rotatable bonds is 12. The zero-order chi connectivity index (χ0) is 87.3. The Balaban J connectivity index is -0.000000228. The molecule has 0 saturated heterocycles. The third-order valence-electron chi connectivity index (χ3n) is 9.98. The fourth-order valence-corrected chi connectivity index (χ4v) is 13.8. The molecule has 0 aliphatic carbocycles. The number of hydrogen-bond donors (Lipinski definition) is 6. The monoisotopic (exact) mass is 2450 g/mol. The van der Waals surface area contributed by atoms with Crippen LogP contribution < -0.4 is 73.4 Å². The summed E-state index contributed by atoms with van der Waals surface area (Å²) in [6.45, 7) is 15.3. The van der Waals surface area contributed by atoms with Gasteiger partial charge in [0.1, 0.15) is 28.9 Å². The minimum atomic E-state index is -5.97. The molecule has 12 aromatic rings.